The van der Waals surface area contributed by atoms with Crippen molar-refractivity contribution in [3.63, 3.8) is 0 Å². The monoisotopic (exact) mass is 286 g/mol. The van der Waals surface area contributed by atoms with E-state index in [2.05, 4.69) is 5.32 Å². The number of benzene rings is 1. The minimum atomic E-state index is -0.0730. The first-order valence-electron chi connectivity index (χ1n) is 6.02. The number of carbonyl (C=O) groups excluding carboxylic acids is 1. The maximum Gasteiger partial charge on any atom is 0.255 e. The van der Waals surface area contributed by atoms with Crippen molar-refractivity contribution in [3.05, 3.63) is 33.8 Å². The number of amides is 1. The van der Waals surface area contributed by atoms with E-state index in [-0.39, 0.29) is 11.9 Å². The SMILES string of the molecule is CN(C(=O)c1cc(Cl)ccc1Cl)[C@@H]1CCCNC1. The van der Waals surface area contributed by atoms with Crippen molar-refractivity contribution in [2.24, 2.45) is 0 Å². The molecule has 1 N–H and O–H groups in total. The van der Waals surface area contributed by atoms with Crippen molar-refractivity contribution in [3.8, 4) is 0 Å². The van der Waals surface area contributed by atoms with Gasteiger partial charge in [0, 0.05) is 24.7 Å². The fourth-order valence-electron chi connectivity index (χ4n) is 2.18. The van der Waals surface area contributed by atoms with Crippen LogP contribution in [0.1, 0.15) is 23.2 Å². The fraction of sp³-hybridized carbons (Fsp3) is 0.462. The van der Waals surface area contributed by atoms with Crippen LogP contribution in [0.25, 0.3) is 0 Å². The zero-order chi connectivity index (χ0) is 13.1. The van der Waals surface area contributed by atoms with Gasteiger partial charge in [-0.1, -0.05) is 23.2 Å². The highest BCUT2D eigenvalue weighted by Gasteiger charge is 2.24. The molecule has 0 radical (unpaired) electrons. The molecule has 2 rings (SSSR count). The van der Waals surface area contributed by atoms with Crippen LogP contribution in [0.5, 0.6) is 0 Å². The van der Waals surface area contributed by atoms with E-state index in [4.69, 9.17) is 23.2 Å². The maximum atomic E-state index is 12.4. The van der Waals surface area contributed by atoms with Crippen molar-refractivity contribution in [1.82, 2.24) is 10.2 Å². The van der Waals surface area contributed by atoms with E-state index in [0.29, 0.717) is 15.6 Å². The van der Waals surface area contributed by atoms with Gasteiger partial charge in [0.2, 0.25) is 0 Å². The summed E-state index contributed by atoms with van der Waals surface area (Å²) in [6.45, 7) is 1.86. The summed E-state index contributed by atoms with van der Waals surface area (Å²) in [5.41, 5.74) is 0.470. The smallest absolute Gasteiger partial charge is 0.255 e. The summed E-state index contributed by atoms with van der Waals surface area (Å²) in [4.78, 5) is 14.1. The van der Waals surface area contributed by atoms with Crippen LogP contribution in [0.4, 0.5) is 0 Å². The highest BCUT2D eigenvalue weighted by molar-refractivity contribution is 6.35. The number of nitrogens with one attached hydrogen (secondary N) is 1. The predicted molar refractivity (Wildman–Crippen MR) is 74.4 cm³/mol. The fourth-order valence-corrected chi connectivity index (χ4v) is 2.55. The second-order valence-corrected chi connectivity index (χ2v) is 5.38. The quantitative estimate of drug-likeness (QED) is 0.907. The van der Waals surface area contributed by atoms with Gasteiger partial charge in [-0.15, -0.1) is 0 Å². The van der Waals surface area contributed by atoms with Gasteiger partial charge in [-0.2, -0.15) is 0 Å². The van der Waals surface area contributed by atoms with Gasteiger partial charge in [0.1, 0.15) is 0 Å². The van der Waals surface area contributed by atoms with Gasteiger partial charge in [0.05, 0.1) is 10.6 Å². The Balaban J connectivity index is 2.16. The Bertz CT molecular complexity index is 445. The van der Waals surface area contributed by atoms with E-state index in [0.717, 1.165) is 25.9 Å². The molecule has 5 heteroatoms. The van der Waals surface area contributed by atoms with Crippen molar-refractivity contribution in [2.75, 3.05) is 20.1 Å². The number of nitrogens with zero attached hydrogens (tertiary/aromatic N) is 1. The van der Waals surface area contributed by atoms with Crippen LogP contribution in [-0.4, -0.2) is 37.0 Å². The number of halogens is 2. The topological polar surface area (TPSA) is 32.3 Å². The Morgan fingerprint density at radius 1 is 1.44 bits per heavy atom. The summed E-state index contributed by atoms with van der Waals surface area (Å²) in [6.07, 6.45) is 2.11. The molecule has 98 valence electrons. The first kappa shape index (κ1) is 13.7. The molecule has 1 aromatic rings. The van der Waals surface area contributed by atoms with Crippen molar-refractivity contribution in [2.45, 2.75) is 18.9 Å². The Kier molecular flexibility index (Phi) is 4.49. The summed E-state index contributed by atoms with van der Waals surface area (Å²) in [6, 6.07) is 5.19. The molecule has 1 heterocycles. The molecule has 18 heavy (non-hydrogen) atoms. The second-order valence-electron chi connectivity index (χ2n) is 4.54. The van der Waals surface area contributed by atoms with Gasteiger partial charge in [-0.3, -0.25) is 4.79 Å². The van der Waals surface area contributed by atoms with E-state index in [9.17, 15) is 4.79 Å². The lowest BCUT2D eigenvalue weighted by molar-refractivity contribution is 0.0708. The zero-order valence-electron chi connectivity index (χ0n) is 10.2. The number of hydrogen-bond donors (Lipinski definition) is 1. The Labute approximate surface area is 117 Å². The third-order valence-corrected chi connectivity index (χ3v) is 3.86. The lowest BCUT2D eigenvalue weighted by atomic mass is 10.1. The third-order valence-electron chi connectivity index (χ3n) is 3.30. The average molecular weight is 287 g/mol. The number of hydrogen-bond acceptors (Lipinski definition) is 2. The largest absolute Gasteiger partial charge is 0.337 e. The lowest BCUT2D eigenvalue weighted by Gasteiger charge is -2.32. The molecule has 0 unspecified atom stereocenters. The molecule has 1 atom stereocenters. The molecular weight excluding hydrogens is 271 g/mol. The van der Waals surface area contributed by atoms with Crippen LogP contribution < -0.4 is 5.32 Å². The maximum absolute atomic E-state index is 12.4. The Hall–Kier alpha value is -0.770. The molecule has 0 aromatic heterocycles. The molecule has 1 amide bonds. The summed E-state index contributed by atoms with van der Waals surface area (Å²) < 4.78 is 0. The summed E-state index contributed by atoms with van der Waals surface area (Å²) in [5, 5.41) is 4.27. The van der Waals surface area contributed by atoms with Gasteiger partial charge >= 0.3 is 0 Å². The first-order chi connectivity index (χ1) is 8.59. The van der Waals surface area contributed by atoms with Gasteiger partial charge in [-0.05, 0) is 37.6 Å². The second kappa shape index (κ2) is 5.91. The summed E-state index contributed by atoms with van der Waals surface area (Å²) >= 11 is 12.0. The summed E-state index contributed by atoms with van der Waals surface area (Å²) in [7, 11) is 1.82. The van der Waals surface area contributed by atoms with Crippen LogP contribution in [0.15, 0.2) is 18.2 Å². The minimum Gasteiger partial charge on any atom is -0.337 e. The number of carbonyl (C=O) groups is 1. The van der Waals surface area contributed by atoms with Crippen molar-refractivity contribution >= 4 is 29.1 Å². The Morgan fingerprint density at radius 2 is 2.22 bits per heavy atom. The highest BCUT2D eigenvalue weighted by Crippen LogP contribution is 2.23. The molecule has 1 aliphatic rings. The molecule has 1 fully saturated rings. The van der Waals surface area contributed by atoms with E-state index < -0.39 is 0 Å². The van der Waals surface area contributed by atoms with E-state index in [1.54, 1.807) is 23.1 Å². The van der Waals surface area contributed by atoms with Crippen molar-refractivity contribution in [1.29, 1.82) is 0 Å². The number of rotatable bonds is 2. The normalized spacial score (nSPS) is 19.6. The lowest BCUT2D eigenvalue weighted by Crippen LogP contribution is -2.46. The van der Waals surface area contributed by atoms with Gasteiger partial charge in [-0.25, -0.2) is 0 Å². The van der Waals surface area contributed by atoms with Gasteiger partial charge < -0.3 is 10.2 Å². The van der Waals surface area contributed by atoms with Gasteiger partial charge in [0.25, 0.3) is 5.91 Å². The van der Waals surface area contributed by atoms with Crippen LogP contribution in [0.2, 0.25) is 10.0 Å². The Morgan fingerprint density at radius 3 is 2.89 bits per heavy atom. The number of likely N-dealkylation sites (N-methyl/N-ethyl adjacent to an activating group) is 1. The average Bonchev–Trinajstić information content (AvgIpc) is 2.41. The van der Waals surface area contributed by atoms with Crippen molar-refractivity contribution < 1.29 is 4.79 Å². The van der Waals surface area contributed by atoms with Crippen LogP contribution in [-0.2, 0) is 0 Å². The van der Waals surface area contributed by atoms with Crippen LogP contribution in [0.3, 0.4) is 0 Å². The standard InChI is InChI=1S/C13H16Cl2N2O/c1-17(10-3-2-6-16-8-10)13(18)11-7-9(14)4-5-12(11)15/h4-5,7,10,16H,2-3,6,8H2,1H3/t10-/m1/s1. The van der Waals surface area contributed by atoms with E-state index in [1.165, 1.54) is 0 Å². The van der Waals surface area contributed by atoms with Crippen LogP contribution >= 0.6 is 23.2 Å². The zero-order valence-corrected chi connectivity index (χ0v) is 11.8. The highest BCUT2D eigenvalue weighted by atomic mass is 35.5. The molecule has 0 saturated carbocycles. The molecule has 1 saturated heterocycles. The van der Waals surface area contributed by atoms with E-state index >= 15 is 0 Å². The van der Waals surface area contributed by atoms with Crippen LogP contribution in [0, 0.1) is 0 Å². The molecule has 0 spiro atoms. The molecule has 1 aliphatic heterocycles. The molecular formula is C13H16Cl2N2O. The van der Waals surface area contributed by atoms with Gasteiger partial charge in [0.15, 0.2) is 0 Å². The molecule has 0 aliphatic carbocycles. The summed E-state index contributed by atoms with van der Waals surface area (Å²) in [5.74, 6) is -0.0730. The third kappa shape index (κ3) is 2.97. The first-order valence-corrected chi connectivity index (χ1v) is 6.78. The molecule has 3 nitrogen and oxygen atoms in total. The van der Waals surface area contributed by atoms with E-state index in [1.807, 2.05) is 7.05 Å². The molecule has 0 bridgehead atoms. The molecule has 1 aromatic carbocycles. The minimum absolute atomic E-state index is 0.0730. The predicted octanol–water partition coefficient (Wildman–Crippen LogP) is 2.82. The number of piperidine rings is 1.